The number of nitro groups is 1. The van der Waals surface area contributed by atoms with Gasteiger partial charge in [-0.1, -0.05) is 30.3 Å². The molecule has 2 aromatic carbocycles. The summed E-state index contributed by atoms with van der Waals surface area (Å²) in [6.45, 7) is 0.319. The van der Waals surface area contributed by atoms with Crippen LogP contribution in [0.4, 0.5) is 5.69 Å². The lowest BCUT2D eigenvalue weighted by molar-refractivity contribution is -0.386. The monoisotopic (exact) mass is 347 g/mol. The summed E-state index contributed by atoms with van der Waals surface area (Å²) in [6, 6.07) is 11.6. The number of nitrogens with zero attached hydrogens (tertiary/aromatic N) is 1. The molecular weight excluding hydrogens is 334 g/mol. The maximum Gasteiger partial charge on any atom is 0.315 e. The van der Waals surface area contributed by atoms with Crippen LogP contribution >= 0.6 is 15.9 Å². The van der Waals surface area contributed by atoms with E-state index in [1.165, 1.54) is 0 Å². The van der Waals surface area contributed by atoms with Crippen molar-refractivity contribution in [1.29, 1.82) is 0 Å². The van der Waals surface area contributed by atoms with E-state index in [-0.39, 0.29) is 10.6 Å². The van der Waals surface area contributed by atoms with E-state index >= 15 is 0 Å². The second-order valence-electron chi connectivity index (χ2n) is 5.06. The van der Waals surface area contributed by atoms with Crippen LogP contribution in [0.15, 0.2) is 40.9 Å². The zero-order valence-electron chi connectivity index (χ0n) is 11.3. The Balaban J connectivity index is 1.96. The highest BCUT2D eigenvalue weighted by Gasteiger charge is 2.29. The Hall–Kier alpha value is -1.88. The number of nitro benzene ring substituents is 1. The van der Waals surface area contributed by atoms with E-state index in [2.05, 4.69) is 15.9 Å². The van der Waals surface area contributed by atoms with Crippen molar-refractivity contribution in [2.75, 3.05) is 0 Å². The predicted octanol–water partition coefficient (Wildman–Crippen LogP) is 4.43. The van der Waals surface area contributed by atoms with Crippen molar-refractivity contribution in [3.8, 4) is 5.75 Å². The van der Waals surface area contributed by atoms with Gasteiger partial charge >= 0.3 is 5.69 Å². The van der Waals surface area contributed by atoms with Gasteiger partial charge in [0.05, 0.1) is 9.40 Å². The van der Waals surface area contributed by atoms with Crippen LogP contribution in [-0.2, 0) is 19.4 Å². The van der Waals surface area contributed by atoms with E-state index in [0.717, 1.165) is 36.0 Å². The molecule has 0 heterocycles. The van der Waals surface area contributed by atoms with E-state index < -0.39 is 0 Å². The Bertz CT molecular complexity index is 686. The molecule has 21 heavy (non-hydrogen) atoms. The fourth-order valence-electron chi connectivity index (χ4n) is 2.73. The average molecular weight is 348 g/mol. The summed E-state index contributed by atoms with van der Waals surface area (Å²) >= 11 is 3.41. The Morgan fingerprint density at radius 3 is 2.71 bits per heavy atom. The van der Waals surface area contributed by atoms with Crippen LogP contribution in [0.3, 0.4) is 0 Å². The van der Waals surface area contributed by atoms with Gasteiger partial charge in [0.2, 0.25) is 5.75 Å². The van der Waals surface area contributed by atoms with Crippen LogP contribution < -0.4 is 4.74 Å². The fourth-order valence-corrected chi connectivity index (χ4v) is 3.30. The predicted molar refractivity (Wildman–Crippen MR) is 83.6 cm³/mol. The molecule has 5 heteroatoms. The Morgan fingerprint density at radius 1 is 1.24 bits per heavy atom. The van der Waals surface area contributed by atoms with Crippen LogP contribution in [0.5, 0.6) is 5.75 Å². The lowest BCUT2D eigenvalue weighted by atomic mass is 10.1. The van der Waals surface area contributed by atoms with Crippen LogP contribution in [0.1, 0.15) is 23.1 Å². The molecule has 108 valence electrons. The van der Waals surface area contributed by atoms with Gasteiger partial charge in [0, 0.05) is 5.56 Å². The first-order valence-electron chi connectivity index (χ1n) is 6.82. The number of benzene rings is 2. The van der Waals surface area contributed by atoms with Gasteiger partial charge in [0.15, 0.2) is 0 Å². The Labute approximate surface area is 131 Å². The fraction of sp³-hybridized carbons (Fsp3) is 0.250. The number of aryl methyl sites for hydroxylation is 1. The molecule has 1 aliphatic rings. The van der Waals surface area contributed by atoms with E-state index in [0.29, 0.717) is 16.8 Å². The zero-order chi connectivity index (χ0) is 14.8. The Kier molecular flexibility index (Phi) is 3.92. The van der Waals surface area contributed by atoms with Gasteiger partial charge in [-0.15, -0.1) is 0 Å². The molecule has 2 aromatic rings. The van der Waals surface area contributed by atoms with Gasteiger partial charge in [0.25, 0.3) is 0 Å². The van der Waals surface area contributed by atoms with Crippen molar-refractivity contribution < 1.29 is 9.66 Å². The van der Waals surface area contributed by atoms with Gasteiger partial charge in [-0.3, -0.25) is 10.1 Å². The molecule has 0 saturated heterocycles. The lowest BCUT2D eigenvalue weighted by Crippen LogP contribution is -2.03. The van der Waals surface area contributed by atoms with Crippen molar-refractivity contribution in [3.63, 3.8) is 0 Å². The van der Waals surface area contributed by atoms with Crippen molar-refractivity contribution in [2.24, 2.45) is 0 Å². The van der Waals surface area contributed by atoms with Crippen LogP contribution in [0, 0.1) is 10.1 Å². The number of fused-ring (bicyclic) bond motifs is 1. The summed E-state index contributed by atoms with van der Waals surface area (Å²) in [4.78, 5) is 11.1. The standard InChI is InChI=1S/C16H14BrNO3/c17-14-9-12-7-4-8-13(12)15(18(19)20)16(14)21-10-11-5-2-1-3-6-11/h1-3,5-6,9H,4,7-8,10H2. The van der Waals surface area contributed by atoms with Crippen molar-refractivity contribution in [1.82, 2.24) is 0 Å². The SMILES string of the molecule is O=[N+]([O-])c1c2c(cc(Br)c1OCc1ccccc1)CCC2. The molecule has 0 bridgehead atoms. The number of hydrogen-bond donors (Lipinski definition) is 0. The third kappa shape index (κ3) is 2.78. The third-order valence-electron chi connectivity index (χ3n) is 3.69. The highest BCUT2D eigenvalue weighted by Crippen LogP contribution is 2.43. The largest absolute Gasteiger partial charge is 0.481 e. The van der Waals surface area contributed by atoms with Crippen molar-refractivity contribution in [3.05, 3.63) is 67.7 Å². The highest BCUT2D eigenvalue weighted by atomic mass is 79.9. The van der Waals surface area contributed by atoms with Gasteiger partial charge in [-0.05, 0) is 52.4 Å². The first kappa shape index (κ1) is 14.1. The second kappa shape index (κ2) is 5.85. The third-order valence-corrected chi connectivity index (χ3v) is 4.28. The molecule has 0 spiro atoms. The molecule has 0 unspecified atom stereocenters. The molecule has 0 N–H and O–H groups in total. The van der Waals surface area contributed by atoms with E-state index in [1.54, 1.807) is 0 Å². The summed E-state index contributed by atoms with van der Waals surface area (Å²) in [5, 5.41) is 11.4. The minimum absolute atomic E-state index is 0.118. The minimum Gasteiger partial charge on any atom is -0.481 e. The quantitative estimate of drug-likeness (QED) is 0.607. The van der Waals surface area contributed by atoms with Crippen LogP contribution in [0.25, 0.3) is 0 Å². The highest BCUT2D eigenvalue weighted by molar-refractivity contribution is 9.10. The number of halogens is 1. The molecule has 4 nitrogen and oxygen atoms in total. The Morgan fingerprint density at radius 2 is 2.00 bits per heavy atom. The first-order chi connectivity index (χ1) is 10.2. The maximum atomic E-state index is 11.4. The van der Waals surface area contributed by atoms with Crippen molar-refractivity contribution >= 4 is 21.6 Å². The van der Waals surface area contributed by atoms with Crippen molar-refractivity contribution in [2.45, 2.75) is 25.9 Å². The number of ether oxygens (including phenoxy) is 1. The second-order valence-corrected chi connectivity index (χ2v) is 5.91. The van der Waals surface area contributed by atoms with Gasteiger partial charge in [0.1, 0.15) is 6.61 Å². The molecule has 0 aromatic heterocycles. The summed E-state index contributed by atoms with van der Waals surface area (Å²) in [7, 11) is 0. The summed E-state index contributed by atoms with van der Waals surface area (Å²) in [5.41, 5.74) is 2.99. The molecule has 0 fully saturated rings. The van der Waals surface area contributed by atoms with Gasteiger partial charge < -0.3 is 4.74 Å². The van der Waals surface area contributed by atoms with Gasteiger partial charge in [-0.2, -0.15) is 0 Å². The first-order valence-corrected chi connectivity index (χ1v) is 7.61. The number of rotatable bonds is 4. The van der Waals surface area contributed by atoms with E-state index in [1.807, 2.05) is 36.4 Å². The van der Waals surface area contributed by atoms with Crippen LogP contribution in [-0.4, -0.2) is 4.92 Å². The molecule has 0 atom stereocenters. The van der Waals surface area contributed by atoms with E-state index in [4.69, 9.17) is 4.74 Å². The molecular formula is C16H14BrNO3. The number of hydrogen-bond acceptors (Lipinski definition) is 3. The molecule has 0 saturated carbocycles. The molecule has 0 aliphatic heterocycles. The van der Waals surface area contributed by atoms with E-state index in [9.17, 15) is 10.1 Å². The van der Waals surface area contributed by atoms with Gasteiger partial charge in [-0.25, -0.2) is 0 Å². The lowest BCUT2D eigenvalue weighted by Gasteiger charge is -2.12. The average Bonchev–Trinajstić information content (AvgIpc) is 2.92. The molecule has 0 amide bonds. The maximum absolute atomic E-state index is 11.4. The minimum atomic E-state index is -0.324. The van der Waals surface area contributed by atoms with Crippen LogP contribution in [0.2, 0.25) is 0 Å². The normalized spacial score (nSPS) is 13.0. The summed E-state index contributed by atoms with van der Waals surface area (Å²) in [5.74, 6) is 0.338. The summed E-state index contributed by atoms with van der Waals surface area (Å²) < 4.78 is 6.41. The molecule has 0 radical (unpaired) electrons. The molecule has 3 rings (SSSR count). The topological polar surface area (TPSA) is 52.4 Å². The zero-order valence-corrected chi connectivity index (χ0v) is 12.9. The summed E-state index contributed by atoms with van der Waals surface area (Å²) in [6.07, 6.45) is 2.61. The molecule has 1 aliphatic carbocycles. The smallest absolute Gasteiger partial charge is 0.315 e.